The Kier molecular flexibility index (Phi) is 5.59. The summed E-state index contributed by atoms with van der Waals surface area (Å²) in [5, 5.41) is 0. The van der Waals surface area contributed by atoms with Crippen molar-refractivity contribution in [1.29, 1.82) is 0 Å². The molecule has 0 aromatic heterocycles. The number of carbonyl (C=O) groups excluding carboxylic acids is 2. The van der Waals surface area contributed by atoms with Crippen molar-refractivity contribution in [3.8, 4) is 0 Å². The van der Waals surface area contributed by atoms with Crippen molar-refractivity contribution in [1.82, 2.24) is 0 Å². The van der Waals surface area contributed by atoms with E-state index in [1.54, 1.807) is 0 Å². The molecule has 0 saturated heterocycles. The number of ether oxygens (including phenoxy) is 2. The Bertz CT molecular complexity index is 641. The van der Waals surface area contributed by atoms with E-state index in [-0.39, 0.29) is 24.0 Å². The van der Waals surface area contributed by atoms with Crippen LogP contribution in [0.3, 0.4) is 0 Å². The summed E-state index contributed by atoms with van der Waals surface area (Å²) in [6.07, 6.45) is 6.06. The van der Waals surface area contributed by atoms with Crippen molar-refractivity contribution in [3.05, 3.63) is 22.8 Å². The summed E-state index contributed by atoms with van der Waals surface area (Å²) in [6.45, 7) is 10.5. The van der Waals surface area contributed by atoms with Crippen LogP contribution in [0.4, 0.5) is 0 Å². The van der Waals surface area contributed by atoms with E-state index in [2.05, 4.69) is 33.8 Å². The molecule has 4 heteroatoms. The second-order valence-electron chi connectivity index (χ2n) is 8.74. The molecule has 0 spiro atoms. The molecule has 0 N–H and O–H groups in total. The highest BCUT2D eigenvalue weighted by Gasteiger charge is 2.53. The smallest absolute Gasteiger partial charge is 0.334 e. The molecule has 0 unspecified atom stereocenters. The Morgan fingerprint density at radius 1 is 1.31 bits per heavy atom. The maximum Gasteiger partial charge on any atom is 0.334 e. The first kappa shape index (κ1) is 19.2. The van der Waals surface area contributed by atoms with Crippen molar-refractivity contribution in [2.45, 2.75) is 66.4 Å². The number of hydrogen-bond acceptors (Lipinski definition) is 4. The summed E-state index contributed by atoms with van der Waals surface area (Å²) >= 11 is 0. The van der Waals surface area contributed by atoms with E-state index in [1.807, 2.05) is 0 Å². The van der Waals surface area contributed by atoms with E-state index in [0.717, 1.165) is 36.8 Å². The lowest BCUT2D eigenvalue weighted by Crippen LogP contribution is -2.36. The third-order valence-corrected chi connectivity index (χ3v) is 6.38. The van der Waals surface area contributed by atoms with Crippen LogP contribution in [0.25, 0.3) is 0 Å². The molecule has 1 aliphatic heterocycles. The molecule has 3 aliphatic rings. The van der Waals surface area contributed by atoms with Gasteiger partial charge >= 0.3 is 11.9 Å². The van der Waals surface area contributed by atoms with E-state index < -0.39 is 0 Å². The average molecular weight is 360 g/mol. The summed E-state index contributed by atoms with van der Waals surface area (Å²) in [6, 6.07) is 0. The molecule has 1 heterocycles. The van der Waals surface area contributed by atoms with E-state index in [9.17, 15) is 9.59 Å². The number of fused-ring (bicyclic) bond motifs is 2. The van der Waals surface area contributed by atoms with Crippen molar-refractivity contribution in [3.63, 3.8) is 0 Å². The predicted octanol–water partition coefficient (Wildman–Crippen LogP) is 4.45. The SMILES string of the molecule is CC(=O)O[C@@H]1C[C@H](C)[C@@H]2C[C@@H]2C2=C(COC2=O)[C@H]1[C@H](C)CCC=C(C)C. The zero-order valence-corrected chi connectivity index (χ0v) is 16.7. The largest absolute Gasteiger partial charge is 0.462 e. The van der Waals surface area contributed by atoms with Gasteiger partial charge in [-0.2, -0.15) is 0 Å². The van der Waals surface area contributed by atoms with E-state index in [4.69, 9.17) is 9.47 Å². The number of allylic oxidation sites excluding steroid dienone is 2. The Morgan fingerprint density at radius 3 is 2.69 bits per heavy atom. The standard InChI is InChI=1S/C22H32O4/c1-12(2)7-6-8-13(3)20-18-11-25-22(24)21(18)17-10-16(17)14(4)9-19(20)26-15(5)23/h7,13-14,16-17,19-20H,6,8-11H2,1-5H3/t13-,14+,16+,17+,19-,20-/m1/s1. The van der Waals surface area contributed by atoms with Crippen LogP contribution >= 0.6 is 0 Å². The molecule has 0 aromatic rings. The molecule has 26 heavy (non-hydrogen) atoms. The van der Waals surface area contributed by atoms with Gasteiger partial charge in [0.1, 0.15) is 12.7 Å². The van der Waals surface area contributed by atoms with Crippen molar-refractivity contribution in [2.24, 2.45) is 29.6 Å². The minimum atomic E-state index is -0.232. The average Bonchev–Trinajstić information content (AvgIpc) is 3.22. The number of esters is 2. The molecule has 144 valence electrons. The normalized spacial score (nSPS) is 34.0. The molecule has 0 bridgehead atoms. The summed E-state index contributed by atoms with van der Waals surface area (Å²) < 4.78 is 11.3. The maximum atomic E-state index is 12.4. The predicted molar refractivity (Wildman–Crippen MR) is 100 cm³/mol. The fraction of sp³-hybridized carbons (Fsp3) is 0.727. The number of carbonyl (C=O) groups is 2. The van der Waals surface area contributed by atoms with Gasteiger partial charge in [0.25, 0.3) is 0 Å². The van der Waals surface area contributed by atoms with Gasteiger partial charge in [-0.3, -0.25) is 4.79 Å². The van der Waals surface area contributed by atoms with E-state index in [1.165, 1.54) is 12.5 Å². The number of rotatable bonds is 5. The minimum absolute atomic E-state index is 0.0786. The van der Waals surface area contributed by atoms with Gasteiger partial charge in [-0.05, 0) is 68.8 Å². The molecular weight excluding hydrogens is 328 g/mol. The van der Waals surface area contributed by atoms with Crippen LogP contribution in [0, 0.1) is 29.6 Å². The molecule has 4 nitrogen and oxygen atoms in total. The molecule has 1 fully saturated rings. The molecule has 3 rings (SSSR count). The van der Waals surface area contributed by atoms with Gasteiger partial charge in [-0.15, -0.1) is 0 Å². The topological polar surface area (TPSA) is 52.6 Å². The van der Waals surface area contributed by atoms with Gasteiger partial charge in [0, 0.05) is 18.4 Å². The fourth-order valence-electron chi connectivity index (χ4n) is 5.04. The number of cyclic esters (lactones) is 1. The molecule has 0 amide bonds. The quantitative estimate of drug-likeness (QED) is 0.537. The Morgan fingerprint density at radius 2 is 2.04 bits per heavy atom. The van der Waals surface area contributed by atoms with Crippen molar-refractivity contribution < 1.29 is 19.1 Å². The first-order chi connectivity index (χ1) is 12.3. The Labute approximate surface area is 157 Å². The lowest BCUT2D eigenvalue weighted by atomic mass is 9.73. The highest BCUT2D eigenvalue weighted by molar-refractivity contribution is 5.93. The molecule has 2 aliphatic carbocycles. The third kappa shape index (κ3) is 3.89. The molecular formula is C22H32O4. The van der Waals surface area contributed by atoms with Crippen molar-refractivity contribution in [2.75, 3.05) is 6.61 Å². The van der Waals surface area contributed by atoms with Crippen molar-refractivity contribution >= 4 is 11.9 Å². The van der Waals surface area contributed by atoms with Crippen LogP contribution in [-0.2, 0) is 19.1 Å². The monoisotopic (exact) mass is 360 g/mol. The van der Waals surface area contributed by atoms with Crippen LogP contribution < -0.4 is 0 Å². The molecule has 0 radical (unpaired) electrons. The van der Waals surface area contributed by atoms with Gasteiger partial charge in [0.2, 0.25) is 0 Å². The summed E-state index contributed by atoms with van der Waals surface area (Å²) in [5.74, 6) is 1.39. The lowest BCUT2D eigenvalue weighted by Gasteiger charge is -2.35. The number of hydrogen-bond donors (Lipinski definition) is 0. The minimum Gasteiger partial charge on any atom is -0.462 e. The third-order valence-electron chi connectivity index (χ3n) is 6.38. The Balaban J connectivity index is 1.93. The van der Waals surface area contributed by atoms with Crippen LogP contribution in [0.2, 0.25) is 0 Å². The fourth-order valence-corrected chi connectivity index (χ4v) is 5.04. The van der Waals surface area contributed by atoms with Gasteiger partial charge in [-0.25, -0.2) is 4.79 Å². The maximum absolute atomic E-state index is 12.4. The van der Waals surface area contributed by atoms with Crippen LogP contribution in [0.5, 0.6) is 0 Å². The molecule has 1 saturated carbocycles. The van der Waals surface area contributed by atoms with E-state index in [0.29, 0.717) is 30.3 Å². The van der Waals surface area contributed by atoms with Gasteiger partial charge in [0.15, 0.2) is 0 Å². The second-order valence-corrected chi connectivity index (χ2v) is 8.74. The summed E-state index contributed by atoms with van der Waals surface area (Å²) in [4.78, 5) is 24.2. The Hall–Kier alpha value is -1.58. The van der Waals surface area contributed by atoms with E-state index >= 15 is 0 Å². The molecule has 0 aromatic carbocycles. The van der Waals surface area contributed by atoms with Crippen LogP contribution in [0.1, 0.15) is 60.3 Å². The first-order valence-corrected chi connectivity index (χ1v) is 10.00. The first-order valence-electron chi connectivity index (χ1n) is 10.00. The highest BCUT2D eigenvalue weighted by Crippen LogP contribution is 2.56. The van der Waals surface area contributed by atoms with Crippen LogP contribution in [-0.4, -0.2) is 24.6 Å². The zero-order valence-electron chi connectivity index (χ0n) is 16.7. The van der Waals surface area contributed by atoms with Gasteiger partial charge in [0.05, 0.1) is 0 Å². The molecule has 6 atom stereocenters. The summed E-state index contributed by atoms with van der Waals surface area (Å²) in [5.41, 5.74) is 3.35. The zero-order chi connectivity index (χ0) is 19.0. The van der Waals surface area contributed by atoms with Gasteiger partial charge < -0.3 is 9.47 Å². The highest BCUT2D eigenvalue weighted by atomic mass is 16.5. The second kappa shape index (κ2) is 7.58. The van der Waals surface area contributed by atoms with Crippen LogP contribution in [0.15, 0.2) is 22.8 Å². The lowest BCUT2D eigenvalue weighted by molar-refractivity contribution is -0.150. The summed E-state index contributed by atoms with van der Waals surface area (Å²) in [7, 11) is 0. The van der Waals surface area contributed by atoms with Gasteiger partial charge in [-0.1, -0.05) is 25.5 Å².